The van der Waals surface area contributed by atoms with E-state index >= 15 is 0 Å². The predicted molar refractivity (Wildman–Crippen MR) is 97.6 cm³/mol. The molecule has 1 amide bonds. The van der Waals surface area contributed by atoms with E-state index in [1.165, 1.54) is 0 Å². The summed E-state index contributed by atoms with van der Waals surface area (Å²) < 4.78 is 5.29. The fourth-order valence-electron chi connectivity index (χ4n) is 3.69. The summed E-state index contributed by atoms with van der Waals surface area (Å²) in [4.78, 5) is 13.0. The van der Waals surface area contributed by atoms with E-state index in [-0.39, 0.29) is 12.5 Å². The van der Waals surface area contributed by atoms with Crippen molar-refractivity contribution in [3.8, 4) is 0 Å². The molecule has 2 N–H and O–H groups in total. The summed E-state index contributed by atoms with van der Waals surface area (Å²) in [5, 5.41) is 14.2. The summed E-state index contributed by atoms with van der Waals surface area (Å²) in [7, 11) is 0. The maximum absolute atomic E-state index is 13.0. The Morgan fingerprint density at radius 3 is 2.56 bits per heavy atom. The van der Waals surface area contributed by atoms with Gasteiger partial charge in [0.1, 0.15) is 5.76 Å². The van der Waals surface area contributed by atoms with Crippen molar-refractivity contribution in [2.45, 2.75) is 50.0 Å². The Labute approximate surface area is 153 Å². The van der Waals surface area contributed by atoms with Crippen LogP contribution in [0, 0.1) is 0 Å². The molecule has 0 saturated heterocycles. The quantitative estimate of drug-likeness (QED) is 0.821. The molecule has 1 aliphatic carbocycles. The number of nitrogens with one attached hydrogen (secondary N) is 1. The molecule has 0 radical (unpaired) electrons. The van der Waals surface area contributed by atoms with Crippen LogP contribution in [0.1, 0.15) is 43.9 Å². The Morgan fingerprint density at radius 2 is 1.96 bits per heavy atom. The van der Waals surface area contributed by atoms with Crippen LogP contribution in [0.5, 0.6) is 0 Å². The van der Waals surface area contributed by atoms with Crippen molar-refractivity contribution in [1.29, 1.82) is 0 Å². The number of amides is 1. The van der Waals surface area contributed by atoms with E-state index in [0.717, 1.165) is 31.2 Å². The fourth-order valence-corrected chi connectivity index (χ4v) is 3.81. The zero-order chi connectivity index (χ0) is 17.9. The molecular weight excluding hydrogens is 338 g/mol. The number of aliphatic hydroxyl groups is 1. The van der Waals surface area contributed by atoms with Crippen molar-refractivity contribution >= 4 is 17.5 Å². The van der Waals surface area contributed by atoms with Crippen molar-refractivity contribution < 1.29 is 14.3 Å². The molecule has 134 valence electrons. The number of furan rings is 1. The number of rotatable bonds is 6. The normalized spacial score (nSPS) is 18.7. The molecule has 1 aromatic carbocycles. The Kier molecular flexibility index (Phi) is 5.21. The Morgan fingerprint density at radius 1 is 1.28 bits per heavy atom. The third kappa shape index (κ3) is 4.07. The van der Waals surface area contributed by atoms with Gasteiger partial charge < -0.3 is 14.8 Å². The average Bonchev–Trinajstić information content (AvgIpc) is 3.25. The van der Waals surface area contributed by atoms with Gasteiger partial charge in [-0.25, -0.2) is 0 Å². The molecule has 0 spiro atoms. The molecule has 3 rings (SSSR count). The molecule has 1 heterocycles. The first-order valence-corrected chi connectivity index (χ1v) is 9.08. The number of benzene rings is 1. The van der Waals surface area contributed by atoms with E-state index in [1.54, 1.807) is 19.3 Å². The van der Waals surface area contributed by atoms with E-state index in [9.17, 15) is 9.90 Å². The largest absolute Gasteiger partial charge is 0.469 e. The summed E-state index contributed by atoms with van der Waals surface area (Å²) in [5.41, 5.74) is -0.587. The number of hydrogen-bond acceptors (Lipinski definition) is 3. The van der Waals surface area contributed by atoms with E-state index < -0.39 is 11.0 Å². The van der Waals surface area contributed by atoms with Gasteiger partial charge in [0.15, 0.2) is 0 Å². The van der Waals surface area contributed by atoms with Crippen LogP contribution in [0.2, 0.25) is 5.02 Å². The lowest BCUT2D eigenvalue weighted by molar-refractivity contribution is -0.127. The molecule has 1 aromatic heterocycles. The molecule has 4 nitrogen and oxygen atoms in total. The van der Waals surface area contributed by atoms with Gasteiger partial charge in [-0.3, -0.25) is 4.79 Å². The first kappa shape index (κ1) is 18.0. The topological polar surface area (TPSA) is 62.5 Å². The van der Waals surface area contributed by atoms with Crippen LogP contribution in [0.3, 0.4) is 0 Å². The lowest BCUT2D eigenvalue weighted by atomic mass is 9.78. The first-order valence-electron chi connectivity index (χ1n) is 8.70. The van der Waals surface area contributed by atoms with Crippen LogP contribution in [0.4, 0.5) is 0 Å². The minimum Gasteiger partial charge on any atom is -0.469 e. The molecule has 0 unspecified atom stereocenters. The first-order chi connectivity index (χ1) is 11.9. The Balaban J connectivity index is 1.70. The highest BCUT2D eigenvalue weighted by Crippen LogP contribution is 2.41. The van der Waals surface area contributed by atoms with Crippen molar-refractivity contribution in [2.24, 2.45) is 0 Å². The zero-order valence-corrected chi connectivity index (χ0v) is 15.2. The van der Waals surface area contributed by atoms with Gasteiger partial charge in [-0.15, -0.1) is 0 Å². The van der Waals surface area contributed by atoms with Crippen molar-refractivity contribution in [3.05, 3.63) is 59.0 Å². The summed E-state index contributed by atoms with van der Waals surface area (Å²) in [6, 6.07) is 11.2. The van der Waals surface area contributed by atoms with E-state index in [0.29, 0.717) is 17.2 Å². The maximum Gasteiger partial charge on any atom is 0.230 e. The lowest BCUT2D eigenvalue weighted by Crippen LogP contribution is -2.49. The molecule has 0 aliphatic heterocycles. The monoisotopic (exact) mass is 361 g/mol. The molecule has 0 bridgehead atoms. The molecule has 2 aromatic rings. The predicted octanol–water partition coefficient (Wildman–Crippen LogP) is 3.85. The van der Waals surface area contributed by atoms with Gasteiger partial charge in [0.25, 0.3) is 0 Å². The third-order valence-electron chi connectivity index (χ3n) is 5.05. The highest BCUT2D eigenvalue weighted by Gasteiger charge is 2.43. The molecule has 1 atom stereocenters. The standard InChI is InChI=1S/C20H24ClNO3/c1-19(24,13-17-5-4-12-25-17)14-22-18(23)20(10-2-3-11-20)15-6-8-16(21)9-7-15/h4-9,12,24H,2-3,10-11,13-14H2,1H3,(H,22,23)/t19-/m0/s1. The van der Waals surface area contributed by atoms with Gasteiger partial charge >= 0.3 is 0 Å². The summed E-state index contributed by atoms with van der Waals surface area (Å²) >= 11 is 5.99. The van der Waals surface area contributed by atoms with Crippen LogP contribution in [0.15, 0.2) is 47.1 Å². The molecular formula is C20H24ClNO3. The second-order valence-electron chi connectivity index (χ2n) is 7.23. The second kappa shape index (κ2) is 7.22. The number of carbonyl (C=O) groups is 1. The summed E-state index contributed by atoms with van der Waals surface area (Å²) in [5.74, 6) is 0.680. The van der Waals surface area contributed by atoms with Gasteiger partial charge in [-0.2, -0.15) is 0 Å². The molecule has 5 heteroatoms. The van der Waals surface area contributed by atoms with Crippen molar-refractivity contribution in [3.63, 3.8) is 0 Å². The average molecular weight is 362 g/mol. The van der Waals surface area contributed by atoms with Crippen LogP contribution >= 0.6 is 11.6 Å². The van der Waals surface area contributed by atoms with Gasteiger partial charge in [-0.05, 0) is 49.6 Å². The lowest BCUT2D eigenvalue weighted by Gasteiger charge is -2.31. The van der Waals surface area contributed by atoms with Gasteiger partial charge in [-0.1, -0.05) is 36.6 Å². The smallest absolute Gasteiger partial charge is 0.230 e. The number of carbonyl (C=O) groups excluding carboxylic acids is 1. The Bertz CT molecular complexity index is 701. The zero-order valence-electron chi connectivity index (χ0n) is 14.4. The summed E-state index contributed by atoms with van der Waals surface area (Å²) in [6.07, 6.45) is 5.63. The van der Waals surface area contributed by atoms with Crippen LogP contribution in [-0.2, 0) is 16.6 Å². The minimum atomic E-state index is -1.06. The highest BCUT2D eigenvalue weighted by molar-refractivity contribution is 6.30. The highest BCUT2D eigenvalue weighted by atomic mass is 35.5. The van der Waals surface area contributed by atoms with Crippen LogP contribution in [0.25, 0.3) is 0 Å². The Hall–Kier alpha value is -1.78. The third-order valence-corrected chi connectivity index (χ3v) is 5.31. The van der Waals surface area contributed by atoms with E-state index in [4.69, 9.17) is 16.0 Å². The molecule has 1 fully saturated rings. The van der Waals surface area contributed by atoms with Crippen LogP contribution < -0.4 is 5.32 Å². The van der Waals surface area contributed by atoms with Gasteiger partial charge in [0.05, 0.1) is 17.3 Å². The second-order valence-corrected chi connectivity index (χ2v) is 7.67. The number of hydrogen-bond donors (Lipinski definition) is 2. The number of halogens is 1. The van der Waals surface area contributed by atoms with Crippen LogP contribution in [-0.4, -0.2) is 23.2 Å². The molecule has 1 saturated carbocycles. The summed E-state index contributed by atoms with van der Waals surface area (Å²) in [6.45, 7) is 1.89. The van der Waals surface area contributed by atoms with E-state index in [2.05, 4.69) is 5.32 Å². The minimum absolute atomic E-state index is 0.0213. The molecule has 25 heavy (non-hydrogen) atoms. The molecule has 1 aliphatic rings. The van der Waals surface area contributed by atoms with Crippen molar-refractivity contribution in [1.82, 2.24) is 5.32 Å². The van der Waals surface area contributed by atoms with E-state index in [1.807, 2.05) is 30.3 Å². The van der Waals surface area contributed by atoms with Gasteiger partial charge in [0.2, 0.25) is 5.91 Å². The van der Waals surface area contributed by atoms with Gasteiger partial charge in [0, 0.05) is 18.0 Å². The van der Waals surface area contributed by atoms with Crippen molar-refractivity contribution in [2.75, 3.05) is 6.54 Å². The maximum atomic E-state index is 13.0. The SMILES string of the molecule is C[C@@](O)(CNC(=O)C1(c2ccc(Cl)cc2)CCCC1)Cc1ccco1. The fraction of sp³-hybridized carbons (Fsp3) is 0.450.